The van der Waals surface area contributed by atoms with E-state index in [2.05, 4.69) is 19.2 Å². The molecule has 1 saturated heterocycles. The topological polar surface area (TPSA) is 32.3 Å². The van der Waals surface area contributed by atoms with Crippen LogP contribution in [-0.4, -0.2) is 46.5 Å². The standard InChI is InChI=1S/C14H22N4S/c1-10-15-14(19-16-10)18-6-4-17(5-7-18)13-9-11-2-3-12(13)8-11/h11-13H,2-9H2,1H3. The summed E-state index contributed by atoms with van der Waals surface area (Å²) in [5.41, 5.74) is 0. The molecule has 0 amide bonds. The van der Waals surface area contributed by atoms with Crippen molar-refractivity contribution in [1.82, 2.24) is 14.3 Å². The summed E-state index contributed by atoms with van der Waals surface area (Å²) in [6.45, 7) is 6.66. The molecule has 0 spiro atoms. The van der Waals surface area contributed by atoms with Gasteiger partial charge in [0.15, 0.2) is 0 Å². The fourth-order valence-corrected chi connectivity index (χ4v) is 5.04. The van der Waals surface area contributed by atoms with Crippen LogP contribution in [0.15, 0.2) is 0 Å². The number of anilines is 1. The van der Waals surface area contributed by atoms with Crippen molar-refractivity contribution in [3.05, 3.63) is 5.82 Å². The Hall–Kier alpha value is -0.680. The summed E-state index contributed by atoms with van der Waals surface area (Å²) in [4.78, 5) is 9.68. The number of aryl methyl sites for hydroxylation is 1. The molecule has 3 unspecified atom stereocenters. The average Bonchev–Trinajstić information content (AvgIpc) is 3.14. The van der Waals surface area contributed by atoms with Gasteiger partial charge in [0.25, 0.3) is 0 Å². The molecule has 4 rings (SSSR count). The zero-order valence-electron chi connectivity index (χ0n) is 11.6. The number of piperazine rings is 1. The van der Waals surface area contributed by atoms with Gasteiger partial charge in [-0.1, -0.05) is 6.42 Å². The van der Waals surface area contributed by atoms with Crippen molar-refractivity contribution in [2.45, 2.75) is 38.6 Å². The number of hydrogen-bond acceptors (Lipinski definition) is 5. The second-order valence-corrected chi connectivity index (χ2v) is 7.12. The van der Waals surface area contributed by atoms with E-state index in [-0.39, 0.29) is 0 Å². The van der Waals surface area contributed by atoms with Crippen molar-refractivity contribution < 1.29 is 0 Å². The largest absolute Gasteiger partial charge is 0.344 e. The third-order valence-corrected chi connectivity index (χ3v) is 6.14. The van der Waals surface area contributed by atoms with Crippen molar-refractivity contribution in [2.75, 3.05) is 31.1 Å². The van der Waals surface area contributed by atoms with Gasteiger partial charge in [0.05, 0.1) is 0 Å². The summed E-state index contributed by atoms with van der Waals surface area (Å²) in [5.74, 6) is 2.98. The van der Waals surface area contributed by atoms with Gasteiger partial charge in [-0.15, -0.1) is 0 Å². The van der Waals surface area contributed by atoms with Gasteiger partial charge in [0.1, 0.15) is 5.82 Å². The van der Waals surface area contributed by atoms with Gasteiger partial charge in [0, 0.05) is 43.8 Å². The molecule has 1 aromatic heterocycles. The lowest BCUT2D eigenvalue weighted by Crippen LogP contribution is -2.51. The van der Waals surface area contributed by atoms with Crippen molar-refractivity contribution >= 4 is 16.7 Å². The van der Waals surface area contributed by atoms with Crippen molar-refractivity contribution in [1.29, 1.82) is 0 Å². The summed E-state index contributed by atoms with van der Waals surface area (Å²) < 4.78 is 4.29. The Balaban J connectivity index is 1.37. The SMILES string of the molecule is Cc1nsc(N2CCN(C3CC4CCC3C4)CC2)n1. The van der Waals surface area contributed by atoms with Crippen LogP contribution in [-0.2, 0) is 0 Å². The van der Waals surface area contributed by atoms with Crippen LogP contribution in [0.2, 0.25) is 0 Å². The molecule has 2 aliphatic carbocycles. The van der Waals surface area contributed by atoms with Crippen LogP contribution < -0.4 is 4.90 Å². The van der Waals surface area contributed by atoms with E-state index in [1.807, 2.05) is 6.92 Å². The third kappa shape index (κ3) is 2.17. The highest BCUT2D eigenvalue weighted by Crippen LogP contribution is 2.46. The first-order valence-electron chi connectivity index (χ1n) is 7.59. The highest BCUT2D eigenvalue weighted by Gasteiger charge is 2.42. The lowest BCUT2D eigenvalue weighted by molar-refractivity contribution is 0.135. The van der Waals surface area contributed by atoms with Crippen LogP contribution in [0.3, 0.4) is 0 Å². The summed E-state index contributed by atoms with van der Waals surface area (Å²) >= 11 is 1.55. The summed E-state index contributed by atoms with van der Waals surface area (Å²) in [7, 11) is 0. The molecule has 2 saturated carbocycles. The van der Waals surface area contributed by atoms with Crippen LogP contribution in [0.5, 0.6) is 0 Å². The van der Waals surface area contributed by atoms with E-state index in [9.17, 15) is 0 Å². The second kappa shape index (κ2) is 4.70. The molecule has 1 aliphatic heterocycles. The molecule has 3 atom stereocenters. The zero-order valence-corrected chi connectivity index (χ0v) is 12.4. The summed E-state index contributed by atoms with van der Waals surface area (Å²) in [6.07, 6.45) is 5.99. The first kappa shape index (κ1) is 12.1. The van der Waals surface area contributed by atoms with E-state index >= 15 is 0 Å². The van der Waals surface area contributed by atoms with Gasteiger partial charge >= 0.3 is 0 Å². The van der Waals surface area contributed by atoms with E-state index in [0.717, 1.165) is 41.9 Å². The maximum Gasteiger partial charge on any atom is 0.205 e. The Morgan fingerprint density at radius 3 is 2.53 bits per heavy atom. The smallest absolute Gasteiger partial charge is 0.205 e. The van der Waals surface area contributed by atoms with Crippen LogP contribution in [0, 0.1) is 18.8 Å². The lowest BCUT2D eigenvalue weighted by atomic mass is 9.93. The Labute approximate surface area is 119 Å². The van der Waals surface area contributed by atoms with E-state index in [0.29, 0.717) is 0 Å². The fourth-order valence-electron chi connectivity index (χ4n) is 4.32. The zero-order chi connectivity index (χ0) is 12.8. The summed E-state index contributed by atoms with van der Waals surface area (Å²) in [6, 6.07) is 0.900. The maximum atomic E-state index is 4.51. The minimum atomic E-state index is 0.900. The monoisotopic (exact) mass is 278 g/mol. The Kier molecular flexibility index (Phi) is 2.99. The van der Waals surface area contributed by atoms with E-state index in [4.69, 9.17) is 0 Å². The highest BCUT2D eigenvalue weighted by molar-refractivity contribution is 7.09. The molecule has 1 aromatic rings. The molecular weight excluding hydrogens is 256 g/mol. The first-order chi connectivity index (χ1) is 9.29. The molecule has 2 bridgehead atoms. The van der Waals surface area contributed by atoms with E-state index in [1.165, 1.54) is 38.8 Å². The predicted octanol–water partition coefficient (Wildman–Crippen LogP) is 2.16. The molecule has 0 N–H and O–H groups in total. The minimum absolute atomic E-state index is 0.900. The van der Waals surface area contributed by atoms with Crippen LogP contribution >= 0.6 is 11.5 Å². The number of fused-ring (bicyclic) bond motifs is 2. The summed E-state index contributed by atoms with van der Waals surface area (Å²) in [5, 5.41) is 1.12. The number of nitrogens with zero attached hydrogens (tertiary/aromatic N) is 4. The Morgan fingerprint density at radius 1 is 1.11 bits per heavy atom. The quantitative estimate of drug-likeness (QED) is 0.830. The third-order valence-electron chi connectivity index (χ3n) is 5.27. The van der Waals surface area contributed by atoms with Crippen molar-refractivity contribution in [3.8, 4) is 0 Å². The molecule has 4 nitrogen and oxygen atoms in total. The fraction of sp³-hybridized carbons (Fsp3) is 0.857. The van der Waals surface area contributed by atoms with Gasteiger partial charge in [-0.2, -0.15) is 4.37 Å². The van der Waals surface area contributed by atoms with Gasteiger partial charge in [0.2, 0.25) is 5.13 Å². The van der Waals surface area contributed by atoms with E-state index in [1.54, 1.807) is 11.5 Å². The normalized spacial score (nSPS) is 35.2. The van der Waals surface area contributed by atoms with E-state index < -0.39 is 0 Å². The van der Waals surface area contributed by atoms with Crippen LogP contribution in [0.1, 0.15) is 31.5 Å². The van der Waals surface area contributed by atoms with Gasteiger partial charge in [-0.05, 0) is 38.0 Å². The maximum absolute atomic E-state index is 4.51. The molecule has 0 aromatic carbocycles. The lowest BCUT2D eigenvalue weighted by Gasteiger charge is -2.40. The predicted molar refractivity (Wildman–Crippen MR) is 77.7 cm³/mol. The van der Waals surface area contributed by atoms with Crippen molar-refractivity contribution in [2.24, 2.45) is 11.8 Å². The molecule has 0 radical (unpaired) electrons. The molecule has 3 fully saturated rings. The van der Waals surface area contributed by atoms with Gasteiger partial charge in [-0.25, -0.2) is 4.98 Å². The minimum Gasteiger partial charge on any atom is -0.344 e. The second-order valence-electron chi connectivity index (χ2n) is 6.39. The molecular formula is C14H22N4S. The van der Waals surface area contributed by atoms with Crippen molar-refractivity contribution in [3.63, 3.8) is 0 Å². The molecule has 2 heterocycles. The molecule has 104 valence electrons. The number of hydrogen-bond donors (Lipinski definition) is 0. The van der Waals surface area contributed by atoms with Crippen LogP contribution in [0.25, 0.3) is 0 Å². The molecule has 19 heavy (non-hydrogen) atoms. The Bertz CT molecular complexity index is 452. The molecule has 5 heteroatoms. The van der Waals surface area contributed by atoms with Crippen LogP contribution in [0.4, 0.5) is 5.13 Å². The highest BCUT2D eigenvalue weighted by atomic mass is 32.1. The van der Waals surface area contributed by atoms with Gasteiger partial charge in [-0.3, -0.25) is 4.90 Å². The molecule has 3 aliphatic rings. The van der Waals surface area contributed by atoms with Gasteiger partial charge < -0.3 is 4.90 Å². The first-order valence-corrected chi connectivity index (χ1v) is 8.36. The number of rotatable bonds is 2. The average molecular weight is 278 g/mol. The Morgan fingerprint density at radius 2 is 1.95 bits per heavy atom. The number of aromatic nitrogens is 2.